The second kappa shape index (κ2) is 13.2. The first-order valence-electron chi connectivity index (χ1n) is 13.3. The molecule has 0 N–H and O–H groups in total. The first-order chi connectivity index (χ1) is 20.9. The van der Waals surface area contributed by atoms with Crippen LogP contribution in [0.15, 0.2) is 86.6 Å². The highest BCUT2D eigenvalue weighted by Crippen LogP contribution is 2.38. The highest BCUT2D eigenvalue weighted by atomic mass is 79.9. The molecule has 0 amide bonds. The van der Waals surface area contributed by atoms with E-state index in [1.807, 2.05) is 48.5 Å². The van der Waals surface area contributed by atoms with E-state index in [0.29, 0.717) is 42.3 Å². The van der Waals surface area contributed by atoms with E-state index >= 15 is 0 Å². The minimum Gasteiger partial charge on any atom is -0.493 e. The summed E-state index contributed by atoms with van der Waals surface area (Å²) in [6.45, 7) is 2.03. The summed E-state index contributed by atoms with van der Waals surface area (Å²) in [4.78, 5) is 33.1. The molecule has 5 rings (SSSR count). The number of esters is 1. The molecule has 0 spiro atoms. The van der Waals surface area contributed by atoms with Crippen LogP contribution in [0.3, 0.4) is 0 Å². The van der Waals surface area contributed by atoms with Crippen molar-refractivity contribution >= 4 is 45.0 Å². The van der Waals surface area contributed by atoms with Gasteiger partial charge in [-0.15, -0.1) is 6.42 Å². The Morgan fingerprint density at radius 1 is 1.07 bits per heavy atom. The zero-order valence-corrected chi connectivity index (χ0v) is 26.0. The van der Waals surface area contributed by atoms with Crippen molar-refractivity contribution in [3.05, 3.63) is 113 Å². The molecule has 4 aromatic rings. The van der Waals surface area contributed by atoms with Crippen molar-refractivity contribution in [3.8, 4) is 29.6 Å². The molecule has 1 aliphatic heterocycles. The van der Waals surface area contributed by atoms with Crippen LogP contribution in [0.5, 0.6) is 17.2 Å². The van der Waals surface area contributed by atoms with Gasteiger partial charge in [-0.3, -0.25) is 9.36 Å². The Kier molecular flexibility index (Phi) is 9.14. The Bertz CT molecular complexity index is 1940. The molecule has 0 bridgehead atoms. The van der Waals surface area contributed by atoms with Crippen LogP contribution in [-0.2, 0) is 9.53 Å². The number of hydrogen-bond acceptors (Lipinski definition) is 8. The summed E-state index contributed by atoms with van der Waals surface area (Å²) < 4.78 is 24.8. The van der Waals surface area contributed by atoms with E-state index in [1.54, 1.807) is 38.3 Å². The molecule has 8 nitrogen and oxygen atoms in total. The summed E-state index contributed by atoms with van der Waals surface area (Å²) >= 11 is 4.75. The van der Waals surface area contributed by atoms with Crippen LogP contribution in [0.2, 0.25) is 0 Å². The van der Waals surface area contributed by atoms with Gasteiger partial charge in [0.15, 0.2) is 16.3 Å². The molecule has 3 aromatic carbocycles. The zero-order chi connectivity index (χ0) is 30.5. The van der Waals surface area contributed by atoms with E-state index in [1.165, 1.54) is 23.0 Å². The standard InChI is InChI=1S/C33H27BrN2O6S/c1-5-16-42-24-14-12-20(17-23(24)34)18-27-31(37)36-30(22-13-15-25(39-3)26(19-22)40-4)28(32(38)41-6-2)29(35-33(36)43-27)21-10-8-7-9-11-21/h1,7-15,17-19,30H,6,16H2,2-4H3/b27-18-/t30-/m0/s1. The highest BCUT2D eigenvalue weighted by Gasteiger charge is 2.35. The van der Waals surface area contributed by atoms with Gasteiger partial charge < -0.3 is 18.9 Å². The third kappa shape index (κ3) is 6.00. The fourth-order valence-electron chi connectivity index (χ4n) is 4.77. The average Bonchev–Trinajstić information content (AvgIpc) is 3.34. The molecule has 1 aromatic heterocycles. The van der Waals surface area contributed by atoms with Crippen LogP contribution in [-0.4, -0.2) is 38.0 Å². The van der Waals surface area contributed by atoms with E-state index in [-0.39, 0.29) is 24.3 Å². The molecule has 2 heterocycles. The van der Waals surface area contributed by atoms with E-state index < -0.39 is 12.0 Å². The average molecular weight is 660 g/mol. The second-order valence-electron chi connectivity index (χ2n) is 9.23. The van der Waals surface area contributed by atoms with Gasteiger partial charge in [0.05, 0.1) is 47.1 Å². The Morgan fingerprint density at radius 3 is 2.49 bits per heavy atom. The first kappa shape index (κ1) is 29.9. The summed E-state index contributed by atoms with van der Waals surface area (Å²) in [5.74, 6) is 3.45. The number of carbonyl (C=O) groups is 1. The van der Waals surface area contributed by atoms with Crippen molar-refractivity contribution in [2.75, 3.05) is 27.4 Å². The monoisotopic (exact) mass is 658 g/mol. The number of hydrogen-bond donors (Lipinski definition) is 0. The molecule has 10 heteroatoms. The van der Waals surface area contributed by atoms with Crippen molar-refractivity contribution in [1.29, 1.82) is 0 Å². The second-order valence-corrected chi connectivity index (χ2v) is 11.1. The van der Waals surface area contributed by atoms with Crippen molar-refractivity contribution in [3.63, 3.8) is 0 Å². The van der Waals surface area contributed by atoms with Crippen molar-refractivity contribution in [1.82, 2.24) is 4.57 Å². The molecule has 0 aliphatic carbocycles. The summed E-state index contributed by atoms with van der Waals surface area (Å²) in [7, 11) is 3.08. The Hall–Kier alpha value is -4.59. The molecule has 1 atom stereocenters. The lowest BCUT2D eigenvalue weighted by Gasteiger charge is -2.26. The maximum absolute atomic E-state index is 14.1. The van der Waals surface area contributed by atoms with Crippen molar-refractivity contribution in [2.45, 2.75) is 13.0 Å². The van der Waals surface area contributed by atoms with Crippen LogP contribution in [0.1, 0.15) is 29.7 Å². The maximum Gasteiger partial charge on any atom is 0.338 e. The smallest absolute Gasteiger partial charge is 0.338 e. The number of nitrogens with zero attached hydrogens (tertiary/aromatic N) is 2. The molecule has 218 valence electrons. The lowest BCUT2D eigenvalue weighted by molar-refractivity contribution is -0.138. The van der Waals surface area contributed by atoms with Gasteiger partial charge in [-0.25, -0.2) is 9.79 Å². The maximum atomic E-state index is 14.1. The van der Waals surface area contributed by atoms with E-state index in [9.17, 15) is 9.59 Å². The van der Waals surface area contributed by atoms with Crippen LogP contribution in [0.25, 0.3) is 11.8 Å². The number of aromatic nitrogens is 1. The molecule has 0 fully saturated rings. The van der Waals surface area contributed by atoms with E-state index in [4.69, 9.17) is 30.4 Å². The zero-order valence-electron chi connectivity index (χ0n) is 23.6. The third-order valence-electron chi connectivity index (χ3n) is 6.66. The Balaban J connectivity index is 1.78. The Labute approximate surface area is 260 Å². The molecule has 0 radical (unpaired) electrons. The molecule has 0 unspecified atom stereocenters. The molecule has 43 heavy (non-hydrogen) atoms. The molecule has 1 aliphatic rings. The fourth-order valence-corrected chi connectivity index (χ4v) is 6.29. The van der Waals surface area contributed by atoms with E-state index in [2.05, 4.69) is 21.9 Å². The summed E-state index contributed by atoms with van der Waals surface area (Å²) in [5.41, 5.74) is 2.50. The van der Waals surface area contributed by atoms with Gasteiger partial charge in [0.1, 0.15) is 12.4 Å². The number of halogens is 1. The minimum absolute atomic E-state index is 0.138. The number of methoxy groups -OCH3 is 2. The van der Waals surface area contributed by atoms with Gasteiger partial charge >= 0.3 is 5.97 Å². The van der Waals surface area contributed by atoms with Crippen molar-refractivity contribution < 1.29 is 23.7 Å². The first-order valence-corrected chi connectivity index (χ1v) is 14.9. The number of terminal acetylenes is 1. The van der Waals surface area contributed by atoms with Crippen LogP contribution >= 0.6 is 27.3 Å². The number of fused-ring (bicyclic) bond motifs is 1. The summed E-state index contributed by atoms with van der Waals surface area (Å²) in [6.07, 6.45) is 7.09. The topological polar surface area (TPSA) is 88.3 Å². The number of benzene rings is 3. The minimum atomic E-state index is -0.848. The molecular formula is C33H27BrN2O6S. The van der Waals surface area contributed by atoms with Crippen molar-refractivity contribution in [2.24, 2.45) is 4.99 Å². The highest BCUT2D eigenvalue weighted by molar-refractivity contribution is 9.10. The summed E-state index contributed by atoms with van der Waals surface area (Å²) in [5, 5.41) is 0. The van der Waals surface area contributed by atoms with Gasteiger partial charge in [-0.05, 0) is 64.3 Å². The lowest BCUT2D eigenvalue weighted by Crippen LogP contribution is -2.40. The van der Waals surface area contributed by atoms with Gasteiger partial charge in [0.2, 0.25) is 0 Å². The SMILES string of the molecule is C#CCOc1ccc(/C=c2\sc3n(c2=O)[C@@H](c2ccc(OC)c(OC)c2)C(C(=O)OCC)=C(c2ccccc2)N=3)cc1Br. The molecule has 0 saturated heterocycles. The van der Waals surface area contributed by atoms with Gasteiger partial charge in [-0.1, -0.05) is 59.7 Å². The largest absolute Gasteiger partial charge is 0.493 e. The van der Waals surface area contributed by atoms with Crippen LogP contribution in [0, 0.1) is 12.3 Å². The predicted octanol–water partition coefficient (Wildman–Crippen LogP) is 4.73. The molecular weight excluding hydrogens is 632 g/mol. The third-order valence-corrected chi connectivity index (χ3v) is 8.26. The van der Waals surface area contributed by atoms with Gasteiger partial charge in [0, 0.05) is 5.56 Å². The van der Waals surface area contributed by atoms with E-state index in [0.717, 1.165) is 11.1 Å². The number of thiazole rings is 1. The number of carbonyl (C=O) groups excluding carboxylic acids is 1. The predicted molar refractivity (Wildman–Crippen MR) is 169 cm³/mol. The normalized spacial score (nSPS) is 14.4. The lowest BCUT2D eigenvalue weighted by atomic mass is 9.93. The number of rotatable bonds is 9. The molecule has 0 saturated carbocycles. The quantitative estimate of drug-likeness (QED) is 0.191. The fraction of sp³-hybridized carbons (Fsp3) is 0.182. The van der Waals surface area contributed by atoms with Gasteiger partial charge in [-0.2, -0.15) is 0 Å². The Morgan fingerprint density at radius 2 is 1.81 bits per heavy atom. The van der Waals surface area contributed by atoms with Gasteiger partial charge in [0.25, 0.3) is 5.56 Å². The number of ether oxygens (including phenoxy) is 4. The summed E-state index contributed by atoms with van der Waals surface area (Å²) in [6, 6.07) is 19.3. The van der Waals surface area contributed by atoms with Crippen LogP contribution < -0.4 is 29.1 Å². The van der Waals surface area contributed by atoms with Crippen LogP contribution in [0.4, 0.5) is 0 Å².